The third kappa shape index (κ3) is 4.04. The maximum Gasteiger partial charge on any atom is 0.0575 e. The first-order valence-corrected chi connectivity index (χ1v) is 6.47. The van der Waals surface area contributed by atoms with Gasteiger partial charge in [0.1, 0.15) is 0 Å². The number of nitrogens with zero attached hydrogens (tertiary/aromatic N) is 1. The van der Waals surface area contributed by atoms with Gasteiger partial charge in [0.05, 0.1) is 6.10 Å². The minimum Gasteiger partial charge on any atom is -0.396 e. The van der Waals surface area contributed by atoms with Crippen LogP contribution < -0.4 is 0 Å². The first-order valence-electron chi connectivity index (χ1n) is 6.47. The van der Waals surface area contributed by atoms with Crippen molar-refractivity contribution in [1.82, 2.24) is 4.90 Å². The van der Waals surface area contributed by atoms with Gasteiger partial charge in [-0.15, -0.1) is 0 Å². The van der Waals surface area contributed by atoms with E-state index in [9.17, 15) is 5.11 Å². The molecule has 0 spiro atoms. The molecule has 16 heavy (non-hydrogen) atoms. The third-order valence-corrected chi connectivity index (χ3v) is 3.90. The largest absolute Gasteiger partial charge is 0.396 e. The van der Waals surface area contributed by atoms with Crippen molar-refractivity contribution in [1.29, 1.82) is 0 Å². The molecule has 2 unspecified atom stereocenters. The number of likely N-dealkylation sites (tertiary alicyclic amines) is 1. The molecule has 2 atom stereocenters. The smallest absolute Gasteiger partial charge is 0.0575 e. The molecule has 0 bridgehead atoms. The van der Waals surface area contributed by atoms with Gasteiger partial charge < -0.3 is 15.1 Å². The van der Waals surface area contributed by atoms with Gasteiger partial charge in [-0.3, -0.25) is 0 Å². The molecule has 0 aliphatic carbocycles. The van der Waals surface area contributed by atoms with E-state index in [0.717, 1.165) is 26.1 Å². The van der Waals surface area contributed by atoms with Crippen LogP contribution in [0.3, 0.4) is 0 Å². The van der Waals surface area contributed by atoms with Gasteiger partial charge in [0.2, 0.25) is 0 Å². The van der Waals surface area contributed by atoms with Gasteiger partial charge in [-0.05, 0) is 38.6 Å². The average molecular weight is 229 g/mol. The van der Waals surface area contributed by atoms with Crippen LogP contribution in [-0.4, -0.2) is 47.5 Å². The second-order valence-corrected chi connectivity index (χ2v) is 5.92. The van der Waals surface area contributed by atoms with Crippen molar-refractivity contribution < 1.29 is 10.2 Å². The molecule has 1 saturated heterocycles. The summed E-state index contributed by atoms with van der Waals surface area (Å²) < 4.78 is 0. The Kier molecular flexibility index (Phi) is 5.22. The zero-order chi connectivity index (χ0) is 12.2. The Bertz CT molecular complexity index is 202. The summed E-state index contributed by atoms with van der Waals surface area (Å²) in [6.07, 6.45) is 3.11. The van der Waals surface area contributed by atoms with Crippen molar-refractivity contribution in [3.05, 3.63) is 0 Å². The molecular weight excluding hydrogens is 202 g/mol. The van der Waals surface area contributed by atoms with Gasteiger partial charge in [0.15, 0.2) is 0 Å². The van der Waals surface area contributed by atoms with Gasteiger partial charge in [0.25, 0.3) is 0 Å². The van der Waals surface area contributed by atoms with Gasteiger partial charge >= 0.3 is 0 Å². The molecule has 0 saturated carbocycles. The Labute approximate surface area is 99.5 Å². The van der Waals surface area contributed by atoms with E-state index in [4.69, 9.17) is 5.11 Å². The summed E-state index contributed by atoms with van der Waals surface area (Å²) in [5.74, 6) is 0.642. The molecule has 2 N–H and O–H groups in total. The first kappa shape index (κ1) is 13.9. The summed E-state index contributed by atoms with van der Waals surface area (Å²) in [5, 5.41) is 18.7. The minimum atomic E-state index is -0.272. The molecule has 0 radical (unpaired) electrons. The second kappa shape index (κ2) is 5.99. The molecule has 96 valence electrons. The Morgan fingerprint density at radius 3 is 2.69 bits per heavy atom. The quantitative estimate of drug-likeness (QED) is 0.750. The lowest BCUT2D eigenvalue weighted by atomic mass is 9.85. The van der Waals surface area contributed by atoms with E-state index < -0.39 is 0 Å². The Morgan fingerprint density at radius 1 is 1.44 bits per heavy atom. The summed E-state index contributed by atoms with van der Waals surface area (Å²) in [6.45, 7) is 9.58. The summed E-state index contributed by atoms with van der Waals surface area (Å²) >= 11 is 0. The summed E-state index contributed by atoms with van der Waals surface area (Å²) in [5.41, 5.74) is -0.0406. The molecule has 0 aromatic carbocycles. The van der Waals surface area contributed by atoms with Crippen LogP contribution in [0.1, 0.15) is 40.0 Å². The van der Waals surface area contributed by atoms with E-state index >= 15 is 0 Å². The predicted octanol–water partition coefficient (Wildman–Crippen LogP) is 1.49. The fourth-order valence-corrected chi connectivity index (χ4v) is 2.42. The van der Waals surface area contributed by atoms with Crippen LogP contribution in [0.4, 0.5) is 0 Å². The molecular formula is C13H27NO2. The normalized spacial score (nSPS) is 25.7. The highest BCUT2D eigenvalue weighted by Crippen LogP contribution is 2.26. The lowest BCUT2D eigenvalue weighted by Crippen LogP contribution is -2.44. The van der Waals surface area contributed by atoms with Crippen LogP contribution in [-0.2, 0) is 0 Å². The first-order chi connectivity index (χ1) is 7.45. The Morgan fingerprint density at radius 2 is 2.12 bits per heavy atom. The summed E-state index contributed by atoms with van der Waals surface area (Å²) in [4.78, 5) is 2.44. The van der Waals surface area contributed by atoms with Gasteiger partial charge in [-0.1, -0.05) is 13.8 Å². The predicted molar refractivity (Wildman–Crippen MR) is 66.3 cm³/mol. The molecule has 0 amide bonds. The third-order valence-electron chi connectivity index (χ3n) is 3.90. The topological polar surface area (TPSA) is 43.7 Å². The monoisotopic (exact) mass is 229 g/mol. The molecule has 0 aromatic heterocycles. The van der Waals surface area contributed by atoms with Crippen LogP contribution in [0, 0.1) is 11.3 Å². The van der Waals surface area contributed by atoms with Crippen LogP contribution in [0.25, 0.3) is 0 Å². The maximum atomic E-state index is 9.71. The standard InChI is InChI=1S/C13H27NO2/c1-11(16)13(2,3)10-14-7-4-5-12(9-14)6-8-15/h11-12,15-16H,4-10H2,1-3H3. The molecule has 1 fully saturated rings. The molecule has 1 rings (SSSR count). The van der Waals surface area contributed by atoms with Crippen molar-refractivity contribution in [2.45, 2.75) is 46.1 Å². The molecule has 3 nitrogen and oxygen atoms in total. The average Bonchev–Trinajstić information content (AvgIpc) is 2.17. The number of hydrogen-bond acceptors (Lipinski definition) is 3. The maximum absolute atomic E-state index is 9.71. The van der Waals surface area contributed by atoms with E-state index in [1.165, 1.54) is 12.8 Å². The molecule has 1 heterocycles. The summed E-state index contributed by atoms with van der Waals surface area (Å²) in [6, 6.07) is 0. The van der Waals surface area contributed by atoms with E-state index in [0.29, 0.717) is 12.5 Å². The Hall–Kier alpha value is -0.120. The van der Waals surface area contributed by atoms with Gasteiger partial charge in [-0.25, -0.2) is 0 Å². The zero-order valence-electron chi connectivity index (χ0n) is 10.9. The van der Waals surface area contributed by atoms with Crippen LogP contribution in [0.5, 0.6) is 0 Å². The SMILES string of the molecule is CC(O)C(C)(C)CN1CCCC(CCO)C1. The summed E-state index contributed by atoms with van der Waals surface area (Å²) in [7, 11) is 0. The molecule has 0 aromatic rings. The van der Waals surface area contributed by atoms with Crippen LogP contribution in [0.2, 0.25) is 0 Å². The van der Waals surface area contributed by atoms with Crippen molar-refractivity contribution in [3.8, 4) is 0 Å². The highest BCUT2D eigenvalue weighted by molar-refractivity contribution is 4.82. The van der Waals surface area contributed by atoms with E-state index in [1.807, 2.05) is 6.92 Å². The van der Waals surface area contributed by atoms with E-state index in [-0.39, 0.29) is 11.5 Å². The highest BCUT2D eigenvalue weighted by atomic mass is 16.3. The van der Waals surface area contributed by atoms with Crippen molar-refractivity contribution in [2.75, 3.05) is 26.2 Å². The van der Waals surface area contributed by atoms with Gasteiger partial charge in [0, 0.05) is 25.1 Å². The van der Waals surface area contributed by atoms with Gasteiger partial charge in [-0.2, -0.15) is 0 Å². The van der Waals surface area contributed by atoms with Crippen LogP contribution >= 0.6 is 0 Å². The lowest BCUT2D eigenvalue weighted by molar-refractivity contribution is 0.0205. The fraction of sp³-hybridized carbons (Fsp3) is 1.00. The number of aliphatic hydroxyl groups is 2. The van der Waals surface area contributed by atoms with Crippen molar-refractivity contribution in [2.24, 2.45) is 11.3 Å². The number of rotatable bonds is 5. The Balaban J connectivity index is 2.42. The molecule has 3 heteroatoms. The van der Waals surface area contributed by atoms with Crippen LogP contribution in [0.15, 0.2) is 0 Å². The van der Waals surface area contributed by atoms with E-state index in [2.05, 4.69) is 18.7 Å². The van der Waals surface area contributed by atoms with E-state index in [1.54, 1.807) is 0 Å². The fourth-order valence-electron chi connectivity index (χ4n) is 2.42. The number of aliphatic hydroxyl groups excluding tert-OH is 2. The highest BCUT2D eigenvalue weighted by Gasteiger charge is 2.29. The number of hydrogen-bond donors (Lipinski definition) is 2. The van der Waals surface area contributed by atoms with Crippen molar-refractivity contribution >= 4 is 0 Å². The zero-order valence-corrected chi connectivity index (χ0v) is 10.9. The lowest BCUT2D eigenvalue weighted by Gasteiger charge is -2.39. The minimum absolute atomic E-state index is 0.0406. The second-order valence-electron chi connectivity index (χ2n) is 5.92. The number of piperidine rings is 1. The van der Waals surface area contributed by atoms with Crippen molar-refractivity contribution in [3.63, 3.8) is 0 Å². The molecule has 1 aliphatic heterocycles. The molecule has 1 aliphatic rings.